The number of nitrogens with one attached hydrogen (secondary N) is 2. The maximum atomic E-state index is 12.3. The molecule has 118 valence electrons. The van der Waals surface area contributed by atoms with Crippen molar-refractivity contribution in [2.45, 2.75) is 56.9 Å². The van der Waals surface area contributed by atoms with Crippen LogP contribution in [-0.2, 0) is 10.0 Å². The number of sulfonamides is 1. The van der Waals surface area contributed by atoms with E-state index in [1.165, 1.54) is 25.7 Å². The highest BCUT2D eigenvalue weighted by Crippen LogP contribution is 2.28. The molecule has 0 bridgehead atoms. The zero-order valence-electron chi connectivity index (χ0n) is 12.9. The first-order chi connectivity index (χ1) is 9.99. The Balaban J connectivity index is 2.02. The summed E-state index contributed by atoms with van der Waals surface area (Å²) >= 11 is 0. The van der Waals surface area contributed by atoms with Crippen LogP contribution in [0.4, 0.5) is 5.69 Å². The van der Waals surface area contributed by atoms with Gasteiger partial charge in [-0.1, -0.05) is 37.8 Å². The van der Waals surface area contributed by atoms with E-state index in [9.17, 15) is 8.42 Å². The Bertz CT molecular complexity index is 549. The van der Waals surface area contributed by atoms with Crippen LogP contribution in [0.15, 0.2) is 29.2 Å². The highest BCUT2D eigenvalue weighted by molar-refractivity contribution is 7.89. The molecule has 1 aliphatic carbocycles. The largest absolute Gasteiger partial charge is 0.384 e. The molecule has 0 heterocycles. The second kappa shape index (κ2) is 7.27. The molecule has 0 amide bonds. The van der Waals surface area contributed by atoms with Gasteiger partial charge in [0.05, 0.1) is 5.69 Å². The quantitative estimate of drug-likeness (QED) is 0.812. The van der Waals surface area contributed by atoms with E-state index in [0.717, 1.165) is 18.9 Å². The van der Waals surface area contributed by atoms with Crippen LogP contribution in [0.5, 0.6) is 0 Å². The van der Waals surface area contributed by atoms with E-state index in [2.05, 4.69) is 10.0 Å². The molecule has 0 spiro atoms. The number of para-hydroxylation sites is 1. The van der Waals surface area contributed by atoms with Crippen LogP contribution in [0, 0.1) is 5.92 Å². The van der Waals surface area contributed by atoms with Crippen molar-refractivity contribution in [3.8, 4) is 0 Å². The highest BCUT2D eigenvalue weighted by Gasteiger charge is 2.19. The highest BCUT2D eigenvalue weighted by atomic mass is 32.2. The minimum atomic E-state index is -3.45. The van der Waals surface area contributed by atoms with E-state index in [-0.39, 0.29) is 6.04 Å². The minimum absolute atomic E-state index is 0.110. The lowest BCUT2D eigenvalue weighted by Crippen LogP contribution is -2.30. The lowest BCUT2D eigenvalue weighted by Gasteiger charge is -2.16. The number of benzene rings is 1. The number of anilines is 1. The summed E-state index contributed by atoms with van der Waals surface area (Å²) in [5.41, 5.74) is 0.698. The van der Waals surface area contributed by atoms with Gasteiger partial charge in [0.25, 0.3) is 0 Å². The third-order valence-electron chi connectivity index (χ3n) is 3.91. The van der Waals surface area contributed by atoms with Crippen LogP contribution in [0.2, 0.25) is 0 Å². The molecule has 1 saturated carbocycles. The fourth-order valence-corrected chi connectivity index (χ4v) is 4.37. The summed E-state index contributed by atoms with van der Waals surface area (Å²) in [6.45, 7) is 4.49. The normalized spacial score (nSPS) is 16.5. The van der Waals surface area contributed by atoms with Crippen LogP contribution in [0.3, 0.4) is 0 Å². The molecule has 21 heavy (non-hydrogen) atoms. The van der Waals surface area contributed by atoms with Crippen molar-refractivity contribution in [1.29, 1.82) is 0 Å². The summed E-state index contributed by atoms with van der Waals surface area (Å²) in [6, 6.07) is 7.01. The smallest absolute Gasteiger partial charge is 0.242 e. The second-order valence-corrected chi connectivity index (χ2v) is 7.82. The van der Waals surface area contributed by atoms with Gasteiger partial charge >= 0.3 is 0 Å². The summed E-state index contributed by atoms with van der Waals surface area (Å²) in [5.74, 6) is 0.801. The van der Waals surface area contributed by atoms with Crippen molar-refractivity contribution in [3.05, 3.63) is 24.3 Å². The summed E-state index contributed by atoms with van der Waals surface area (Å²) in [5, 5.41) is 3.30. The Morgan fingerprint density at radius 1 is 1.19 bits per heavy atom. The Hall–Kier alpha value is -1.07. The zero-order valence-corrected chi connectivity index (χ0v) is 13.7. The molecule has 5 heteroatoms. The van der Waals surface area contributed by atoms with Crippen molar-refractivity contribution < 1.29 is 8.42 Å². The second-order valence-electron chi connectivity index (χ2n) is 6.14. The zero-order chi connectivity index (χ0) is 15.3. The van der Waals surface area contributed by atoms with Gasteiger partial charge in [-0.15, -0.1) is 0 Å². The summed E-state index contributed by atoms with van der Waals surface area (Å²) in [7, 11) is -3.45. The number of hydrogen-bond acceptors (Lipinski definition) is 3. The first-order valence-electron chi connectivity index (χ1n) is 7.84. The van der Waals surface area contributed by atoms with Crippen LogP contribution >= 0.6 is 0 Å². The molecule has 0 atom stereocenters. The molecule has 4 nitrogen and oxygen atoms in total. The predicted octanol–water partition coefficient (Wildman–Crippen LogP) is 3.37. The predicted molar refractivity (Wildman–Crippen MR) is 87.0 cm³/mol. The SMILES string of the molecule is CC(C)NS(=O)(=O)c1ccccc1NCCC1CCCC1. The Kier molecular flexibility index (Phi) is 5.65. The molecule has 1 fully saturated rings. The lowest BCUT2D eigenvalue weighted by molar-refractivity contribution is 0.518. The van der Waals surface area contributed by atoms with Gasteiger partial charge in [-0.3, -0.25) is 0 Å². The molecular weight excluding hydrogens is 284 g/mol. The van der Waals surface area contributed by atoms with Crippen molar-refractivity contribution >= 4 is 15.7 Å². The molecule has 1 aromatic carbocycles. The van der Waals surface area contributed by atoms with E-state index in [0.29, 0.717) is 10.6 Å². The summed E-state index contributed by atoms with van der Waals surface area (Å²) < 4.78 is 27.3. The Morgan fingerprint density at radius 2 is 1.86 bits per heavy atom. The molecule has 1 aromatic rings. The molecule has 0 unspecified atom stereocenters. The van der Waals surface area contributed by atoms with Crippen LogP contribution in [-0.4, -0.2) is 21.0 Å². The van der Waals surface area contributed by atoms with Crippen LogP contribution in [0.25, 0.3) is 0 Å². The molecule has 0 saturated heterocycles. The van der Waals surface area contributed by atoms with Gasteiger partial charge in [0.2, 0.25) is 10.0 Å². The van der Waals surface area contributed by atoms with Gasteiger partial charge in [-0.2, -0.15) is 0 Å². The average molecular weight is 310 g/mol. The molecule has 0 aliphatic heterocycles. The third-order valence-corrected chi connectivity index (χ3v) is 5.63. The molecule has 2 rings (SSSR count). The third kappa shape index (κ3) is 4.71. The minimum Gasteiger partial charge on any atom is -0.384 e. The summed E-state index contributed by atoms with van der Waals surface area (Å²) in [4.78, 5) is 0.338. The van der Waals surface area contributed by atoms with E-state index in [1.807, 2.05) is 26.0 Å². The topological polar surface area (TPSA) is 58.2 Å². The van der Waals surface area contributed by atoms with Crippen molar-refractivity contribution in [2.24, 2.45) is 5.92 Å². The fraction of sp³-hybridized carbons (Fsp3) is 0.625. The molecular formula is C16H26N2O2S. The van der Waals surface area contributed by atoms with E-state index in [4.69, 9.17) is 0 Å². The summed E-state index contributed by atoms with van der Waals surface area (Å²) in [6.07, 6.45) is 6.43. The maximum absolute atomic E-state index is 12.3. The van der Waals surface area contributed by atoms with Gasteiger partial charge < -0.3 is 5.32 Å². The van der Waals surface area contributed by atoms with E-state index in [1.54, 1.807) is 12.1 Å². The standard InChI is InChI=1S/C16H26N2O2S/c1-13(2)18-21(19,20)16-10-6-5-9-15(16)17-12-11-14-7-3-4-8-14/h5-6,9-10,13-14,17-18H,3-4,7-8,11-12H2,1-2H3. The molecule has 2 N–H and O–H groups in total. The van der Waals surface area contributed by atoms with E-state index < -0.39 is 10.0 Å². The molecule has 0 radical (unpaired) electrons. The van der Waals surface area contributed by atoms with Gasteiger partial charge in [0.1, 0.15) is 4.90 Å². The number of rotatable bonds is 7. The average Bonchev–Trinajstić information content (AvgIpc) is 2.91. The Morgan fingerprint density at radius 3 is 2.52 bits per heavy atom. The van der Waals surface area contributed by atoms with Crippen LogP contribution in [0.1, 0.15) is 46.0 Å². The van der Waals surface area contributed by atoms with Gasteiger partial charge in [-0.25, -0.2) is 13.1 Å². The van der Waals surface area contributed by atoms with Gasteiger partial charge in [0.15, 0.2) is 0 Å². The fourth-order valence-electron chi connectivity index (χ4n) is 2.93. The molecule has 0 aromatic heterocycles. The van der Waals surface area contributed by atoms with Crippen molar-refractivity contribution in [3.63, 3.8) is 0 Å². The first kappa shape index (κ1) is 16.3. The molecule has 1 aliphatic rings. The van der Waals surface area contributed by atoms with Crippen molar-refractivity contribution in [1.82, 2.24) is 4.72 Å². The van der Waals surface area contributed by atoms with E-state index >= 15 is 0 Å². The monoisotopic (exact) mass is 310 g/mol. The lowest BCUT2D eigenvalue weighted by atomic mass is 10.0. The maximum Gasteiger partial charge on any atom is 0.242 e. The van der Waals surface area contributed by atoms with Gasteiger partial charge in [-0.05, 0) is 38.3 Å². The van der Waals surface area contributed by atoms with Crippen LogP contribution < -0.4 is 10.0 Å². The Labute approximate surface area is 128 Å². The van der Waals surface area contributed by atoms with Crippen molar-refractivity contribution in [2.75, 3.05) is 11.9 Å². The van der Waals surface area contributed by atoms with Gasteiger partial charge in [0, 0.05) is 12.6 Å². The first-order valence-corrected chi connectivity index (χ1v) is 9.32. The number of hydrogen-bond donors (Lipinski definition) is 2.